The number of halogens is 5. The molecule has 32 heavy (non-hydrogen) atoms. The van der Waals surface area contributed by atoms with Crippen molar-refractivity contribution in [1.29, 1.82) is 0 Å². The number of aromatic nitrogens is 2. The summed E-state index contributed by atoms with van der Waals surface area (Å²) in [5, 5.41) is 16.8. The number of nitrogens with one attached hydrogen (secondary N) is 1. The minimum atomic E-state index is -4.78. The summed E-state index contributed by atoms with van der Waals surface area (Å²) in [5.41, 5.74) is -1.73. The highest BCUT2D eigenvalue weighted by Gasteiger charge is 2.38. The third-order valence-corrected chi connectivity index (χ3v) is 4.84. The first-order chi connectivity index (χ1) is 14.9. The highest BCUT2D eigenvalue weighted by Crippen LogP contribution is 2.35. The number of amides is 1. The van der Waals surface area contributed by atoms with Crippen LogP contribution in [0.3, 0.4) is 0 Å². The van der Waals surface area contributed by atoms with Crippen LogP contribution in [-0.4, -0.2) is 20.6 Å². The van der Waals surface area contributed by atoms with E-state index in [1.54, 1.807) is 24.3 Å². The molecule has 13 heteroatoms. The average molecular weight is 489 g/mol. The van der Waals surface area contributed by atoms with E-state index in [0.29, 0.717) is 10.8 Å². The van der Waals surface area contributed by atoms with E-state index in [0.717, 1.165) is 16.8 Å². The van der Waals surface area contributed by atoms with Crippen molar-refractivity contribution < 1.29 is 27.6 Å². The number of anilines is 1. The molecule has 0 aliphatic carbocycles. The fourth-order valence-corrected chi connectivity index (χ4v) is 3.02. The van der Waals surface area contributed by atoms with Crippen LogP contribution in [0.4, 0.5) is 24.5 Å². The fraction of sp³-hybridized carbons (Fsp3) is 0.158. The molecule has 168 valence electrons. The molecule has 3 aromatic rings. The number of nitrogens with zero attached hydrogens (tertiary/aromatic N) is 3. The van der Waals surface area contributed by atoms with Crippen molar-refractivity contribution >= 4 is 40.5 Å². The van der Waals surface area contributed by atoms with Gasteiger partial charge in [0.25, 0.3) is 5.69 Å². The van der Waals surface area contributed by atoms with Gasteiger partial charge in [0.15, 0.2) is 5.69 Å². The van der Waals surface area contributed by atoms with Crippen molar-refractivity contribution in [1.82, 2.24) is 9.78 Å². The lowest BCUT2D eigenvalue weighted by atomic mass is 10.2. The lowest BCUT2D eigenvalue weighted by molar-refractivity contribution is -0.384. The van der Waals surface area contributed by atoms with Gasteiger partial charge in [-0.3, -0.25) is 19.6 Å². The van der Waals surface area contributed by atoms with Gasteiger partial charge in [0, 0.05) is 17.2 Å². The molecule has 0 aliphatic heterocycles. The number of benzene rings is 2. The molecule has 0 fully saturated rings. The monoisotopic (exact) mass is 488 g/mol. The van der Waals surface area contributed by atoms with Crippen LogP contribution in [-0.2, 0) is 17.5 Å². The summed E-state index contributed by atoms with van der Waals surface area (Å²) in [6.45, 7) is 0.682. The Kier molecular flexibility index (Phi) is 6.60. The lowest BCUT2D eigenvalue weighted by Crippen LogP contribution is -2.21. The smallest absolute Gasteiger partial charge is 0.436 e. The van der Waals surface area contributed by atoms with Crippen molar-refractivity contribution in [2.24, 2.45) is 0 Å². The van der Waals surface area contributed by atoms with Crippen LogP contribution in [0.2, 0.25) is 10.0 Å². The average Bonchev–Trinajstić information content (AvgIpc) is 2.98. The highest BCUT2D eigenvalue weighted by molar-refractivity contribution is 6.32. The molecule has 0 bridgehead atoms. The maximum atomic E-state index is 12.9. The van der Waals surface area contributed by atoms with Gasteiger partial charge in [-0.05, 0) is 31.2 Å². The number of ether oxygens (including phenoxy) is 1. The van der Waals surface area contributed by atoms with Crippen molar-refractivity contribution in [2.45, 2.75) is 19.6 Å². The maximum absolute atomic E-state index is 12.9. The number of non-ortho nitro benzene ring substituents is 1. The summed E-state index contributed by atoms with van der Waals surface area (Å²) in [6, 6.07) is 9.76. The predicted octanol–water partition coefficient (Wildman–Crippen LogP) is 5.86. The number of hydrogen-bond acceptors (Lipinski definition) is 5. The molecule has 0 saturated carbocycles. The molecule has 1 amide bonds. The second-order valence-electron chi connectivity index (χ2n) is 6.48. The summed E-state index contributed by atoms with van der Waals surface area (Å²) < 4.78 is 45.2. The van der Waals surface area contributed by atoms with Crippen LogP contribution >= 0.6 is 23.2 Å². The Morgan fingerprint density at radius 1 is 1.19 bits per heavy atom. The zero-order chi connectivity index (χ0) is 23.6. The Balaban J connectivity index is 1.82. The molecule has 1 N–H and O–H groups in total. The molecule has 0 saturated heterocycles. The van der Waals surface area contributed by atoms with Crippen LogP contribution in [0.25, 0.3) is 0 Å². The number of hydrogen-bond donors (Lipinski definition) is 1. The molecular weight excluding hydrogens is 476 g/mol. The molecule has 0 aliphatic rings. The summed E-state index contributed by atoms with van der Waals surface area (Å²) in [6.07, 6.45) is -4.78. The molecule has 1 aromatic heterocycles. The van der Waals surface area contributed by atoms with Crippen LogP contribution in [0.5, 0.6) is 11.5 Å². The molecule has 0 atom stereocenters. The van der Waals surface area contributed by atoms with E-state index in [4.69, 9.17) is 27.9 Å². The van der Waals surface area contributed by atoms with E-state index in [9.17, 15) is 28.1 Å². The summed E-state index contributed by atoms with van der Waals surface area (Å²) in [5.74, 6) is -0.387. The predicted molar refractivity (Wildman–Crippen MR) is 110 cm³/mol. The molecule has 0 unspecified atom stereocenters. The second-order valence-corrected chi connectivity index (χ2v) is 7.29. The molecule has 8 nitrogen and oxygen atoms in total. The second kappa shape index (κ2) is 9.05. The van der Waals surface area contributed by atoms with Crippen LogP contribution in [0, 0.1) is 17.0 Å². The summed E-state index contributed by atoms with van der Waals surface area (Å²) in [4.78, 5) is 22.9. The summed E-state index contributed by atoms with van der Waals surface area (Å²) >= 11 is 11.5. The van der Waals surface area contributed by atoms with Gasteiger partial charge in [-0.15, -0.1) is 0 Å². The zero-order valence-electron chi connectivity index (χ0n) is 16.1. The van der Waals surface area contributed by atoms with E-state index >= 15 is 0 Å². The third kappa shape index (κ3) is 5.48. The molecule has 0 spiro atoms. The van der Waals surface area contributed by atoms with Gasteiger partial charge in [0.1, 0.15) is 18.0 Å². The van der Waals surface area contributed by atoms with Gasteiger partial charge < -0.3 is 10.1 Å². The molecule has 2 aromatic carbocycles. The van der Waals surface area contributed by atoms with E-state index < -0.39 is 34.3 Å². The summed E-state index contributed by atoms with van der Waals surface area (Å²) in [7, 11) is 0. The van der Waals surface area contributed by atoms with Gasteiger partial charge in [-0.1, -0.05) is 23.2 Å². The van der Waals surface area contributed by atoms with Gasteiger partial charge in [-0.25, -0.2) is 0 Å². The van der Waals surface area contributed by atoms with Gasteiger partial charge in [0.2, 0.25) is 5.91 Å². The topological polar surface area (TPSA) is 99.3 Å². The van der Waals surface area contributed by atoms with E-state index in [1.807, 2.05) is 0 Å². The van der Waals surface area contributed by atoms with Crippen LogP contribution < -0.4 is 10.1 Å². The minimum absolute atomic E-state index is 0.000106. The van der Waals surface area contributed by atoms with Crippen LogP contribution in [0.15, 0.2) is 42.5 Å². The van der Waals surface area contributed by atoms with Crippen molar-refractivity contribution in [3.63, 3.8) is 0 Å². The SMILES string of the molecule is Cc1c(Cl)c(C(F)(F)F)nn1CC(=O)Nc1cc(Oc2ccc(Cl)cc2)cc([N+](=O)[O-])c1. The molecule has 3 rings (SSSR count). The lowest BCUT2D eigenvalue weighted by Gasteiger charge is -2.10. The Morgan fingerprint density at radius 2 is 1.84 bits per heavy atom. The first-order valence-electron chi connectivity index (χ1n) is 8.77. The highest BCUT2D eigenvalue weighted by atomic mass is 35.5. The number of carbonyl (C=O) groups is 1. The van der Waals surface area contributed by atoms with Gasteiger partial charge in [0.05, 0.1) is 27.4 Å². The van der Waals surface area contributed by atoms with Crippen molar-refractivity contribution in [3.05, 3.63) is 74.0 Å². The van der Waals surface area contributed by atoms with Crippen molar-refractivity contribution in [3.8, 4) is 11.5 Å². The van der Waals surface area contributed by atoms with Crippen LogP contribution in [0.1, 0.15) is 11.4 Å². The van der Waals surface area contributed by atoms with Gasteiger partial charge in [-0.2, -0.15) is 18.3 Å². The number of carbonyl (C=O) groups excluding carboxylic acids is 1. The van der Waals surface area contributed by atoms with E-state index in [2.05, 4.69) is 10.4 Å². The Hall–Kier alpha value is -3.31. The van der Waals surface area contributed by atoms with Gasteiger partial charge >= 0.3 is 6.18 Å². The molecular formula is C19H13Cl2F3N4O4. The number of alkyl halides is 3. The number of nitro benzene ring substituents is 1. The standard InChI is InChI=1S/C19H13Cl2F3N4O4/c1-10-17(21)18(19(22,23)24)26-27(10)9-16(29)25-12-6-13(28(30)31)8-15(7-12)32-14-4-2-11(20)3-5-14/h2-8H,9H2,1H3,(H,25,29). The first kappa shape index (κ1) is 23.4. The quantitative estimate of drug-likeness (QED) is 0.346. The zero-order valence-corrected chi connectivity index (χ0v) is 17.6. The Labute approximate surface area is 188 Å². The number of rotatable bonds is 6. The third-order valence-electron chi connectivity index (χ3n) is 4.13. The Bertz CT molecular complexity index is 1180. The maximum Gasteiger partial charge on any atom is 0.436 e. The normalized spacial score (nSPS) is 11.3. The fourth-order valence-electron chi connectivity index (χ4n) is 2.65. The minimum Gasteiger partial charge on any atom is -0.457 e. The van der Waals surface area contributed by atoms with E-state index in [-0.39, 0.29) is 22.8 Å². The molecule has 1 heterocycles. The number of nitro groups is 1. The first-order valence-corrected chi connectivity index (χ1v) is 9.52. The Morgan fingerprint density at radius 3 is 2.41 bits per heavy atom. The largest absolute Gasteiger partial charge is 0.457 e. The molecule has 0 radical (unpaired) electrons. The van der Waals surface area contributed by atoms with E-state index in [1.165, 1.54) is 13.0 Å². The van der Waals surface area contributed by atoms with Crippen molar-refractivity contribution in [2.75, 3.05) is 5.32 Å².